The molecule has 0 radical (unpaired) electrons. The molecule has 0 spiro atoms. The Bertz CT molecular complexity index is 1020. The maximum Gasteiger partial charge on any atom is 0.180 e. The molecule has 0 aliphatic rings. The van der Waals surface area contributed by atoms with Crippen LogP contribution in [0.2, 0.25) is 0 Å². The first kappa shape index (κ1) is 16.7. The number of nitrogens with zero attached hydrogens (tertiary/aromatic N) is 6. The summed E-state index contributed by atoms with van der Waals surface area (Å²) >= 11 is 1.44. The summed E-state index contributed by atoms with van der Waals surface area (Å²) in [6, 6.07) is 2.07. The van der Waals surface area contributed by atoms with Crippen LogP contribution in [0.25, 0.3) is 16.9 Å². The summed E-state index contributed by atoms with van der Waals surface area (Å²) < 4.78 is 6.55. The Morgan fingerprint density at radius 3 is 3.00 bits per heavy atom. The molecule has 0 bridgehead atoms. The summed E-state index contributed by atoms with van der Waals surface area (Å²) in [6.07, 6.45) is 7.45. The SMILES string of the molecule is CCN(C)Cc1cc(Nc2nc(C)cn3c(-c4cn[nH]c4)cnc23)sn1. The molecular weight excluding hydrogens is 348 g/mol. The molecule has 0 unspecified atom stereocenters. The Kier molecular flexibility index (Phi) is 4.39. The van der Waals surface area contributed by atoms with Gasteiger partial charge in [0.1, 0.15) is 5.00 Å². The summed E-state index contributed by atoms with van der Waals surface area (Å²) in [5, 5.41) is 11.2. The second kappa shape index (κ2) is 6.85. The molecule has 4 heterocycles. The Hall–Kier alpha value is -2.78. The average molecular weight is 368 g/mol. The van der Waals surface area contributed by atoms with Crippen LogP contribution in [-0.2, 0) is 6.54 Å². The van der Waals surface area contributed by atoms with Gasteiger partial charge in [-0.2, -0.15) is 9.47 Å². The largest absolute Gasteiger partial charge is 0.328 e. The van der Waals surface area contributed by atoms with Crippen LogP contribution in [0, 0.1) is 6.92 Å². The standard InChI is InChI=1S/C17H20N8S/c1-4-24(3)10-13-5-15(26-23-13)22-16-17-18-8-14(12-6-19-20-7-12)25(17)9-11(2)21-16/h5-9H,4,10H2,1-3H3,(H,19,20)(H,21,22). The molecule has 0 atom stereocenters. The number of fused-ring (bicyclic) bond motifs is 1. The van der Waals surface area contributed by atoms with E-state index >= 15 is 0 Å². The molecule has 4 rings (SSSR count). The van der Waals surface area contributed by atoms with Gasteiger partial charge in [0.05, 0.1) is 29.5 Å². The van der Waals surface area contributed by atoms with Gasteiger partial charge in [0.15, 0.2) is 11.5 Å². The van der Waals surface area contributed by atoms with Crippen molar-refractivity contribution in [2.45, 2.75) is 20.4 Å². The quantitative estimate of drug-likeness (QED) is 0.544. The lowest BCUT2D eigenvalue weighted by Crippen LogP contribution is -2.16. The van der Waals surface area contributed by atoms with Crippen molar-refractivity contribution in [3.8, 4) is 11.3 Å². The Labute approximate surface area is 155 Å². The maximum atomic E-state index is 4.63. The predicted octanol–water partition coefficient (Wildman–Crippen LogP) is 3.08. The molecule has 0 saturated heterocycles. The van der Waals surface area contributed by atoms with Crippen LogP contribution in [0.1, 0.15) is 18.3 Å². The van der Waals surface area contributed by atoms with Gasteiger partial charge in [-0.05, 0) is 38.1 Å². The number of nitrogens with one attached hydrogen (secondary N) is 2. The molecule has 0 aromatic carbocycles. The lowest BCUT2D eigenvalue weighted by molar-refractivity contribution is 0.342. The van der Waals surface area contributed by atoms with Gasteiger partial charge in [0.25, 0.3) is 0 Å². The first-order chi connectivity index (χ1) is 12.6. The van der Waals surface area contributed by atoms with Crippen molar-refractivity contribution in [2.75, 3.05) is 18.9 Å². The number of aryl methyl sites for hydroxylation is 1. The third kappa shape index (κ3) is 3.18. The molecule has 0 amide bonds. The number of imidazole rings is 1. The van der Waals surface area contributed by atoms with Crippen LogP contribution in [0.4, 0.5) is 10.8 Å². The molecule has 0 saturated carbocycles. The molecule has 2 N–H and O–H groups in total. The maximum absolute atomic E-state index is 4.63. The van der Waals surface area contributed by atoms with Gasteiger partial charge in [-0.15, -0.1) is 0 Å². The zero-order valence-corrected chi connectivity index (χ0v) is 15.7. The minimum atomic E-state index is 0.721. The van der Waals surface area contributed by atoms with Crippen LogP contribution in [0.15, 0.2) is 30.9 Å². The van der Waals surface area contributed by atoms with Crippen LogP contribution in [0.3, 0.4) is 0 Å². The third-order valence-corrected chi connectivity index (χ3v) is 4.92. The summed E-state index contributed by atoms with van der Waals surface area (Å²) in [6.45, 7) is 5.93. The minimum Gasteiger partial charge on any atom is -0.328 e. The van der Waals surface area contributed by atoms with Gasteiger partial charge in [0, 0.05) is 24.5 Å². The Balaban J connectivity index is 1.67. The van der Waals surface area contributed by atoms with Gasteiger partial charge < -0.3 is 10.2 Å². The third-order valence-electron chi connectivity index (χ3n) is 4.18. The number of aromatic amines is 1. The normalized spacial score (nSPS) is 11.5. The highest BCUT2D eigenvalue weighted by molar-refractivity contribution is 7.10. The highest BCUT2D eigenvalue weighted by atomic mass is 32.1. The first-order valence-electron chi connectivity index (χ1n) is 8.39. The molecule has 0 aliphatic carbocycles. The molecule has 9 heteroatoms. The van der Waals surface area contributed by atoms with E-state index in [0.29, 0.717) is 0 Å². The number of anilines is 2. The molecule has 134 valence electrons. The van der Waals surface area contributed by atoms with Gasteiger partial charge in [-0.1, -0.05) is 6.92 Å². The van der Waals surface area contributed by atoms with Crippen molar-refractivity contribution in [3.63, 3.8) is 0 Å². The van der Waals surface area contributed by atoms with E-state index in [-0.39, 0.29) is 0 Å². The topological polar surface area (TPSA) is 87.0 Å². The number of H-pyrrole nitrogens is 1. The smallest absolute Gasteiger partial charge is 0.180 e. The van der Waals surface area contributed by atoms with Gasteiger partial charge in [0.2, 0.25) is 0 Å². The van der Waals surface area contributed by atoms with Crippen molar-refractivity contribution >= 4 is 28.0 Å². The fourth-order valence-electron chi connectivity index (χ4n) is 2.75. The minimum absolute atomic E-state index is 0.721. The van der Waals surface area contributed by atoms with E-state index in [1.54, 1.807) is 6.20 Å². The van der Waals surface area contributed by atoms with Crippen molar-refractivity contribution < 1.29 is 0 Å². The fourth-order valence-corrected chi connectivity index (χ4v) is 3.40. The van der Waals surface area contributed by atoms with Gasteiger partial charge in [-0.3, -0.25) is 9.50 Å². The summed E-state index contributed by atoms with van der Waals surface area (Å²) in [4.78, 5) is 11.4. The van der Waals surface area contributed by atoms with Crippen molar-refractivity contribution in [1.82, 2.24) is 33.8 Å². The second-order valence-electron chi connectivity index (χ2n) is 6.19. The predicted molar refractivity (Wildman–Crippen MR) is 103 cm³/mol. The summed E-state index contributed by atoms with van der Waals surface area (Å²) in [5.74, 6) is 0.721. The van der Waals surface area contributed by atoms with E-state index in [1.807, 2.05) is 29.9 Å². The van der Waals surface area contributed by atoms with Crippen LogP contribution in [-0.4, -0.2) is 47.4 Å². The van der Waals surface area contributed by atoms with E-state index in [2.05, 4.69) is 54.8 Å². The van der Waals surface area contributed by atoms with Crippen molar-refractivity contribution in [3.05, 3.63) is 42.2 Å². The van der Waals surface area contributed by atoms with Gasteiger partial charge in [-0.25, -0.2) is 9.97 Å². The Morgan fingerprint density at radius 2 is 2.23 bits per heavy atom. The van der Waals surface area contributed by atoms with Crippen LogP contribution in [0.5, 0.6) is 0 Å². The molecule has 4 aromatic rings. The molecule has 4 aromatic heterocycles. The van der Waals surface area contributed by atoms with Crippen LogP contribution >= 0.6 is 11.5 Å². The number of hydrogen-bond donors (Lipinski definition) is 2. The highest BCUT2D eigenvalue weighted by Gasteiger charge is 2.14. The van der Waals surface area contributed by atoms with E-state index in [9.17, 15) is 0 Å². The number of aromatic nitrogens is 6. The lowest BCUT2D eigenvalue weighted by atomic mass is 10.3. The van der Waals surface area contributed by atoms with E-state index in [4.69, 9.17) is 0 Å². The molecule has 0 aliphatic heterocycles. The van der Waals surface area contributed by atoms with Crippen molar-refractivity contribution in [1.29, 1.82) is 0 Å². The zero-order chi connectivity index (χ0) is 18.1. The second-order valence-corrected chi connectivity index (χ2v) is 7.00. The van der Waals surface area contributed by atoms with E-state index in [0.717, 1.165) is 52.2 Å². The van der Waals surface area contributed by atoms with Crippen LogP contribution < -0.4 is 5.32 Å². The number of hydrogen-bond acceptors (Lipinski definition) is 7. The lowest BCUT2D eigenvalue weighted by Gasteiger charge is -2.10. The van der Waals surface area contributed by atoms with Crippen molar-refractivity contribution in [2.24, 2.45) is 0 Å². The number of rotatable bonds is 6. The molecule has 26 heavy (non-hydrogen) atoms. The molecule has 8 nitrogen and oxygen atoms in total. The highest BCUT2D eigenvalue weighted by Crippen LogP contribution is 2.27. The molecular formula is C17H20N8S. The Morgan fingerprint density at radius 1 is 1.35 bits per heavy atom. The average Bonchev–Trinajstić information content (AvgIpc) is 3.34. The summed E-state index contributed by atoms with van der Waals surface area (Å²) in [7, 11) is 2.08. The van der Waals surface area contributed by atoms with Gasteiger partial charge >= 0.3 is 0 Å². The fraction of sp³-hybridized carbons (Fsp3) is 0.294. The molecule has 0 fully saturated rings. The zero-order valence-electron chi connectivity index (χ0n) is 14.9. The first-order valence-corrected chi connectivity index (χ1v) is 9.16. The van der Waals surface area contributed by atoms with E-state index in [1.165, 1.54) is 11.5 Å². The monoisotopic (exact) mass is 368 g/mol. The summed E-state index contributed by atoms with van der Waals surface area (Å²) in [5.41, 5.74) is 4.67. The van der Waals surface area contributed by atoms with E-state index < -0.39 is 0 Å².